The van der Waals surface area contributed by atoms with E-state index in [1.807, 2.05) is 6.92 Å². The predicted molar refractivity (Wildman–Crippen MR) is 61.6 cm³/mol. The Hall–Kier alpha value is -1.82. The monoisotopic (exact) mass is 253 g/mol. The second kappa shape index (κ2) is 5.22. The smallest absolute Gasteiger partial charge is 0.228 e. The van der Waals surface area contributed by atoms with Crippen LogP contribution in [0.2, 0.25) is 0 Å². The van der Waals surface area contributed by atoms with Gasteiger partial charge in [0.05, 0.1) is 0 Å². The van der Waals surface area contributed by atoms with Gasteiger partial charge in [0, 0.05) is 24.1 Å². The summed E-state index contributed by atoms with van der Waals surface area (Å²) < 4.78 is 31.1. The van der Waals surface area contributed by atoms with E-state index in [2.05, 4.69) is 10.1 Å². The molecule has 2 N–H and O–H groups in total. The van der Waals surface area contributed by atoms with Crippen LogP contribution in [-0.2, 0) is 6.42 Å². The van der Waals surface area contributed by atoms with Crippen LogP contribution < -0.4 is 5.73 Å². The molecule has 1 aromatic carbocycles. The molecule has 18 heavy (non-hydrogen) atoms. The number of aromatic nitrogens is 2. The van der Waals surface area contributed by atoms with Gasteiger partial charge in [0.2, 0.25) is 11.7 Å². The summed E-state index contributed by atoms with van der Waals surface area (Å²) in [5, 5.41) is 3.68. The molecular formula is C12H13F2N3O. The fourth-order valence-corrected chi connectivity index (χ4v) is 1.51. The van der Waals surface area contributed by atoms with Crippen LogP contribution in [0.3, 0.4) is 0 Å². The van der Waals surface area contributed by atoms with Gasteiger partial charge in [-0.3, -0.25) is 0 Å². The average molecular weight is 253 g/mol. The Morgan fingerprint density at radius 1 is 1.28 bits per heavy atom. The standard InChI is InChI=1S/C12H13F2N3O/c1-2-10(15)6-11-16-12(17-18-11)7-3-8(13)5-9(14)4-7/h3-5,10H,2,6,15H2,1H3. The Balaban J connectivity index is 2.23. The van der Waals surface area contributed by atoms with Crippen LogP contribution in [0.4, 0.5) is 8.78 Å². The Labute approximate surface area is 103 Å². The maximum Gasteiger partial charge on any atom is 0.228 e. The highest BCUT2D eigenvalue weighted by Gasteiger charge is 2.12. The van der Waals surface area contributed by atoms with E-state index in [9.17, 15) is 8.78 Å². The van der Waals surface area contributed by atoms with E-state index in [4.69, 9.17) is 10.3 Å². The topological polar surface area (TPSA) is 64.9 Å². The van der Waals surface area contributed by atoms with Gasteiger partial charge in [0.25, 0.3) is 0 Å². The zero-order valence-corrected chi connectivity index (χ0v) is 9.86. The number of nitrogens with two attached hydrogens (primary N) is 1. The van der Waals surface area contributed by atoms with Crippen LogP contribution in [-0.4, -0.2) is 16.2 Å². The van der Waals surface area contributed by atoms with E-state index in [0.29, 0.717) is 12.3 Å². The lowest BCUT2D eigenvalue weighted by Crippen LogP contribution is -2.21. The summed E-state index contributed by atoms with van der Waals surface area (Å²) in [7, 11) is 0. The van der Waals surface area contributed by atoms with Gasteiger partial charge >= 0.3 is 0 Å². The lowest BCUT2D eigenvalue weighted by Gasteiger charge is -2.02. The van der Waals surface area contributed by atoms with Crippen molar-refractivity contribution < 1.29 is 13.3 Å². The molecule has 1 heterocycles. The minimum absolute atomic E-state index is 0.0671. The zero-order chi connectivity index (χ0) is 13.1. The second-order valence-corrected chi connectivity index (χ2v) is 4.04. The summed E-state index contributed by atoms with van der Waals surface area (Å²) in [5.41, 5.74) is 6.00. The molecule has 6 heteroatoms. The van der Waals surface area contributed by atoms with Gasteiger partial charge in [0.15, 0.2) is 0 Å². The molecule has 0 aliphatic heterocycles. The van der Waals surface area contributed by atoms with Gasteiger partial charge in [-0.15, -0.1) is 0 Å². The molecule has 0 bridgehead atoms. The summed E-state index contributed by atoms with van der Waals surface area (Å²) in [4.78, 5) is 4.06. The summed E-state index contributed by atoms with van der Waals surface area (Å²) in [6.45, 7) is 1.95. The number of hydrogen-bond acceptors (Lipinski definition) is 4. The second-order valence-electron chi connectivity index (χ2n) is 4.04. The van der Waals surface area contributed by atoms with Crippen molar-refractivity contribution in [2.24, 2.45) is 5.73 Å². The molecule has 2 rings (SSSR count). The molecule has 0 aliphatic rings. The Morgan fingerprint density at radius 2 is 1.94 bits per heavy atom. The largest absolute Gasteiger partial charge is 0.339 e. The van der Waals surface area contributed by atoms with Crippen molar-refractivity contribution in [2.45, 2.75) is 25.8 Å². The van der Waals surface area contributed by atoms with Gasteiger partial charge in [-0.05, 0) is 18.6 Å². The molecule has 96 valence electrons. The molecule has 1 atom stereocenters. The maximum absolute atomic E-state index is 13.0. The van der Waals surface area contributed by atoms with Crippen molar-refractivity contribution in [2.75, 3.05) is 0 Å². The molecule has 0 fully saturated rings. The molecule has 0 spiro atoms. The molecule has 4 nitrogen and oxygen atoms in total. The summed E-state index contributed by atoms with van der Waals surface area (Å²) >= 11 is 0. The van der Waals surface area contributed by atoms with Crippen molar-refractivity contribution in [3.8, 4) is 11.4 Å². The minimum atomic E-state index is -0.679. The van der Waals surface area contributed by atoms with Gasteiger partial charge < -0.3 is 10.3 Å². The summed E-state index contributed by atoms with van der Waals surface area (Å²) in [6, 6.07) is 3.02. The fourth-order valence-electron chi connectivity index (χ4n) is 1.51. The number of halogens is 2. The van der Waals surface area contributed by atoms with Gasteiger partial charge in [-0.1, -0.05) is 12.1 Å². The lowest BCUT2D eigenvalue weighted by molar-refractivity contribution is 0.368. The number of hydrogen-bond donors (Lipinski definition) is 1. The first-order valence-electron chi connectivity index (χ1n) is 5.63. The minimum Gasteiger partial charge on any atom is -0.339 e. The van der Waals surface area contributed by atoms with Crippen LogP contribution in [0.25, 0.3) is 11.4 Å². The molecule has 0 saturated carbocycles. The van der Waals surface area contributed by atoms with Gasteiger partial charge in [-0.2, -0.15) is 4.98 Å². The fraction of sp³-hybridized carbons (Fsp3) is 0.333. The van der Waals surface area contributed by atoms with Crippen LogP contribution in [0.1, 0.15) is 19.2 Å². The Bertz CT molecular complexity index is 522. The lowest BCUT2D eigenvalue weighted by atomic mass is 10.2. The third kappa shape index (κ3) is 2.89. The summed E-state index contributed by atoms with van der Waals surface area (Å²) in [6.07, 6.45) is 1.23. The molecule has 0 aliphatic carbocycles. The van der Waals surface area contributed by atoms with E-state index in [1.54, 1.807) is 0 Å². The molecule has 1 aromatic heterocycles. The van der Waals surface area contributed by atoms with Crippen molar-refractivity contribution in [3.05, 3.63) is 35.7 Å². The predicted octanol–water partition coefficient (Wildman–Crippen LogP) is 2.29. The number of nitrogens with zero attached hydrogens (tertiary/aromatic N) is 2. The first-order valence-corrected chi connectivity index (χ1v) is 5.63. The van der Waals surface area contributed by atoms with Gasteiger partial charge in [0.1, 0.15) is 11.6 Å². The third-order valence-electron chi connectivity index (χ3n) is 2.55. The molecule has 0 saturated heterocycles. The normalized spacial score (nSPS) is 12.7. The first-order chi connectivity index (χ1) is 8.58. The first kappa shape index (κ1) is 12.6. The van der Waals surface area contributed by atoms with Crippen molar-refractivity contribution in [3.63, 3.8) is 0 Å². The molecule has 0 radical (unpaired) electrons. The van der Waals surface area contributed by atoms with E-state index >= 15 is 0 Å². The van der Waals surface area contributed by atoms with Crippen LogP contribution in [0, 0.1) is 11.6 Å². The van der Waals surface area contributed by atoms with Crippen molar-refractivity contribution >= 4 is 0 Å². The van der Waals surface area contributed by atoms with Gasteiger partial charge in [-0.25, -0.2) is 8.78 Å². The van der Waals surface area contributed by atoms with Crippen molar-refractivity contribution in [1.29, 1.82) is 0 Å². The summed E-state index contributed by atoms with van der Waals surface area (Å²) in [5.74, 6) is -0.834. The zero-order valence-electron chi connectivity index (χ0n) is 9.86. The van der Waals surface area contributed by atoms with Crippen molar-refractivity contribution in [1.82, 2.24) is 10.1 Å². The van der Waals surface area contributed by atoms with Crippen LogP contribution >= 0.6 is 0 Å². The number of rotatable bonds is 4. The quantitative estimate of drug-likeness (QED) is 0.907. The van der Waals surface area contributed by atoms with Crippen LogP contribution in [0.15, 0.2) is 22.7 Å². The van der Waals surface area contributed by atoms with E-state index < -0.39 is 11.6 Å². The Kier molecular flexibility index (Phi) is 3.66. The van der Waals surface area contributed by atoms with E-state index in [0.717, 1.165) is 24.6 Å². The highest BCUT2D eigenvalue weighted by Crippen LogP contribution is 2.19. The van der Waals surface area contributed by atoms with E-state index in [1.165, 1.54) is 0 Å². The third-order valence-corrected chi connectivity index (χ3v) is 2.55. The van der Waals surface area contributed by atoms with E-state index in [-0.39, 0.29) is 17.4 Å². The SMILES string of the molecule is CCC(N)Cc1nc(-c2cc(F)cc(F)c2)no1. The number of benzene rings is 1. The molecular weight excluding hydrogens is 240 g/mol. The maximum atomic E-state index is 13.0. The average Bonchev–Trinajstić information content (AvgIpc) is 2.76. The molecule has 2 aromatic rings. The Morgan fingerprint density at radius 3 is 2.56 bits per heavy atom. The van der Waals surface area contributed by atoms with Crippen LogP contribution in [0.5, 0.6) is 0 Å². The molecule has 0 amide bonds. The molecule has 1 unspecified atom stereocenters. The highest BCUT2D eigenvalue weighted by molar-refractivity contribution is 5.54. The highest BCUT2D eigenvalue weighted by atomic mass is 19.1.